The van der Waals surface area contributed by atoms with Crippen molar-refractivity contribution in [3.05, 3.63) is 0 Å². The maximum Gasteiger partial charge on any atom is 0.256 e. The fraction of sp³-hybridized carbons (Fsp3) is 1.00. The molecule has 1 aliphatic rings. The van der Waals surface area contributed by atoms with Crippen molar-refractivity contribution in [3.63, 3.8) is 0 Å². The summed E-state index contributed by atoms with van der Waals surface area (Å²) < 4.78 is 26.0. The molecule has 3 heteroatoms. The lowest BCUT2D eigenvalue weighted by molar-refractivity contribution is 0.00528. The highest BCUT2D eigenvalue weighted by molar-refractivity contribution is 4.94. The first-order chi connectivity index (χ1) is 6.61. The highest BCUT2D eigenvalue weighted by atomic mass is 19.3. The van der Waals surface area contributed by atoms with Crippen molar-refractivity contribution in [1.82, 2.24) is 5.32 Å². The zero-order chi connectivity index (χ0) is 10.6. The van der Waals surface area contributed by atoms with Gasteiger partial charge in [0.05, 0.1) is 5.54 Å². The minimum absolute atomic E-state index is 0.161. The first kappa shape index (κ1) is 11.9. The highest BCUT2D eigenvalue weighted by Crippen LogP contribution is 2.37. The highest BCUT2D eigenvalue weighted by Gasteiger charge is 2.42. The molecule has 0 aromatic rings. The third-order valence-electron chi connectivity index (χ3n) is 3.41. The third kappa shape index (κ3) is 2.44. The van der Waals surface area contributed by atoms with Crippen LogP contribution in [0.2, 0.25) is 0 Å². The maximum absolute atomic E-state index is 13.0. The SMILES string of the molecule is CCCNC(C)(C(F)F)C1CCCC1. The van der Waals surface area contributed by atoms with Gasteiger partial charge >= 0.3 is 0 Å². The minimum atomic E-state index is -2.25. The zero-order valence-corrected chi connectivity index (χ0v) is 9.15. The predicted octanol–water partition coefficient (Wildman–Crippen LogP) is 3.20. The second kappa shape index (κ2) is 5.06. The maximum atomic E-state index is 13.0. The molecule has 0 heterocycles. The molecule has 1 unspecified atom stereocenters. The van der Waals surface area contributed by atoms with Crippen LogP contribution in [0.3, 0.4) is 0 Å². The third-order valence-corrected chi connectivity index (χ3v) is 3.41. The minimum Gasteiger partial charge on any atom is -0.306 e. The van der Waals surface area contributed by atoms with Crippen molar-refractivity contribution in [2.75, 3.05) is 6.54 Å². The number of hydrogen-bond donors (Lipinski definition) is 1. The Morgan fingerprint density at radius 3 is 2.36 bits per heavy atom. The van der Waals surface area contributed by atoms with E-state index in [1.54, 1.807) is 6.92 Å². The Balaban J connectivity index is 2.59. The van der Waals surface area contributed by atoms with Crippen molar-refractivity contribution < 1.29 is 8.78 Å². The number of rotatable bonds is 5. The molecule has 1 aliphatic carbocycles. The van der Waals surface area contributed by atoms with E-state index in [2.05, 4.69) is 5.32 Å². The van der Waals surface area contributed by atoms with Crippen LogP contribution < -0.4 is 5.32 Å². The average Bonchev–Trinajstić information content (AvgIpc) is 2.66. The van der Waals surface area contributed by atoms with Gasteiger partial charge in [0.2, 0.25) is 0 Å². The van der Waals surface area contributed by atoms with Gasteiger partial charge in [-0.2, -0.15) is 0 Å². The molecular weight excluding hydrogens is 184 g/mol. The normalized spacial score (nSPS) is 22.9. The fourth-order valence-electron chi connectivity index (χ4n) is 2.32. The molecule has 0 amide bonds. The fourth-order valence-corrected chi connectivity index (χ4v) is 2.32. The molecule has 0 bridgehead atoms. The van der Waals surface area contributed by atoms with Crippen LogP contribution in [0.25, 0.3) is 0 Å². The largest absolute Gasteiger partial charge is 0.306 e. The Kier molecular flexibility index (Phi) is 4.30. The number of halogens is 2. The number of hydrogen-bond acceptors (Lipinski definition) is 1. The van der Waals surface area contributed by atoms with Gasteiger partial charge in [-0.1, -0.05) is 19.8 Å². The lowest BCUT2D eigenvalue weighted by Gasteiger charge is -2.36. The molecule has 1 nitrogen and oxygen atoms in total. The van der Waals surface area contributed by atoms with E-state index in [0.717, 1.165) is 32.1 Å². The molecule has 1 fully saturated rings. The van der Waals surface area contributed by atoms with E-state index in [1.165, 1.54) is 0 Å². The molecule has 0 radical (unpaired) electrons. The quantitative estimate of drug-likeness (QED) is 0.726. The summed E-state index contributed by atoms with van der Waals surface area (Å²) in [5.41, 5.74) is -0.952. The van der Waals surface area contributed by atoms with Crippen molar-refractivity contribution in [2.45, 2.75) is 57.9 Å². The van der Waals surface area contributed by atoms with Gasteiger partial charge in [0.25, 0.3) is 6.43 Å². The summed E-state index contributed by atoms with van der Waals surface area (Å²) in [6.07, 6.45) is 2.79. The monoisotopic (exact) mass is 205 g/mol. The van der Waals surface area contributed by atoms with Gasteiger partial charge in [0, 0.05) is 0 Å². The Morgan fingerprint density at radius 2 is 1.93 bits per heavy atom. The van der Waals surface area contributed by atoms with Crippen LogP contribution in [0, 0.1) is 5.92 Å². The number of nitrogens with one attached hydrogen (secondary N) is 1. The van der Waals surface area contributed by atoms with Gasteiger partial charge in [-0.3, -0.25) is 0 Å². The summed E-state index contributed by atoms with van der Waals surface area (Å²) in [7, 11) is 0. The second-order valence-corrected chi connectivity index (χ2v) is 4.49. The Morgan fingerprint density at radius 1 is 1.36 bits per heavy atom. The molecule has 0 aromatic carbocycles. The van der Waals surface area contributed by atoms with Gasteiger partial charge in [-0.25, -0.2) is 8.78 Å². The molecule has 1 saturated carbocycles. The van der Waals surface area contributed by atoms with Crippen LogP contribution in [-0.2, 0) is 0 Å². The summed E-state index contributed by atoms with van der Waals surface area (Å²) in [6, 6.07) is 0. The van der Waals surface area contributed by atoms with Gasteiger partial charge < -0.3 is 5.32 Å². The van der Waals surface area contributed by atoms with E-state index in [-0.39, 0.29) is 5.92 Å². The second-order valence-electron chi connectivity index (χ2n) is 4.49. The van der Waals surface area contributed by atoms with Crippen molar-refractivity contribution in [3.8, 4) is 0 Å². The van der Waals surface area contributed by atoms with Crippen LogP contribution >= 0.6 is 0 Å². The lowest BCUT2D eigenvalue weighted by Crippen LogP contribution is -2.54. The van der Waals surface area contributed by atoms with E-state index >= 15 is 0 Å². The molecule has 1 N–H and O–H groups in total. The van der Waals surface area contributed by atoms with Crippen LogP contribution in [0.4, 0.5) is 8.78 Å². The summed E-state index contributed by atoms with van der Waals surface area (Å²) >= 11 is 0. The summed E-state index contributed by atoms with van der Waals surface area (Å²) in [6.45, 7) is 4.38. The summed E-state index contributed by atoms with van der Waals surface area (Å²) in [4.78, 5) is 0. The molecule has 84 valence electrons. The Hall–Kier alpha value is -0.180. The van der Waals surface area contributed by atoms with Gasteiger partial charge in [0.15, 0.2) is 0 Å². The molecule has 0 aromatic heterocycles. The van der Waals surface area contributed by atoms with Gasteiger partial charge in [-0.05, 0) is 38.6 Å². The Labute approximate surface area is 85.3 Å². The molecule has 0 spiro atoms. The summed E-state index contributed by atoms with van der Waals surface area (Å²) in [5, 5.41) is 3.04. The smallest absolute Gasteiger partial charge is 0.256 e. The van der Waals surface area contributed by atoms with Crippen LogP contribution in [-0.4, -0.2) is 18.5 Å². The molecule has 1 rings (SSSR count). The zero-order valence-electron chi connectivity index (χ0n) is 9.15. The summed E-state index contributed by atoms with van der Waals surface area (Å²) in [5.74, 6) is 0.161. The van der Waals surface area contributed by atoms with Gasteiger partial charge in [0.1, 0.15) is 0 Å². The topological polar surface area (TPSA) is 12.0 Å². The van der Waals surface area contributed by atoms with Crippen molar-refractivity contribution >= 4 is 0 Å². The lowest BCUT2D eigenvalue weighted by atomic mass is 9.84. The van der Waals surface area contributed by atoms with E-state index in [4.69, 9.17) is 0 Å². The molecule has 14 heavy (non-hydrogen) atoms. The van der Waals surface area contributed by atoms with Crippen molar-refractivity contribution in [1.29, 1.82) is 0 Å². The molecular formula is C11H21F2N. The standard InChI is InChI=1S/C11H21F2N/c1-3-8-14-11(2,10(12)13)9-6-4-5-7-9/h9-10,14H,3-8H2,1-2H3. The molecule has 0 aliphatic heterocycles. The van der Waals surface area contributed by atoms with E-state index in [0.29, 0.717) is 6.54 Å². The number of alkyl halides is 2. The molecule has 1 atom stereocenters. The van der Waals surface area contributed by atoms with E-state index in [1.807, 2.05) is 6.92 Å². The van der Waals surface area contributed by atoms with E-state index < -0.39 is 12.0 Å². The predicted molar refractivity (Wildman–Crippen MR) is 54.7 cm³/mol. The average molecular weight is 205 g/mol. The molecule has 0 saturated heterocycles. The van der Waals surface area contributed by atoms with E-state index in [9.17, 15) is 8.78 Å². The van der Waals surface area contributed by atoms with Gasteiger partial charge in [-0.15, -0.1) is 0 Å². The first-order valence-electron chi connectivity index (χ1n) is 5.64. The first-order valence-corrected chi connectivity index (χ1v) is 5.64. The Bertz CT molecular complexity index is 167. The van der Waals surface area contributed by atoms with Crippen LogP contribution in [0.15, 0.2) is 0 Å². The van der Waals surface area contributed by atoms with Crippen molar-refractivity contribution in [2.24, 2.45) is 5.92 Å². The van der Waals surface area contributed by atoms with Crippen LogP contribution in [0.5, 0.6) is 0 Å². The van der Waals surface area contributed by atoms with Crippen LogP contribution in [0.1, 0.15) is 46.0 Å².